The molecule has 126 valence electrons. The molecule has 0 heterocycles. The molecule has 22 heavy (non-hydrogen) atoms. The van der Waals surface area contributed by atoms with E-state index in [9.17, 15) is 5.11 Å². The smallest absolute Gasteiger partial charge is 0.161 e. The Kier molecular flexibility index (Phi) is 6.69. The molecule has 1 rings (SSSR count). The van der Waals surface area contributed by atoms with Crippen molar-refractivity contribution in [1.29, 1.82) is 0 Å². The van der Waals surface area contributed by atoms with E-state index in [1.165, 1.54) is 0 Å². The van der Waals surface area contributed by atoms with E-state index in [0.717, 1.165) is 23.6 Å². The molecule has 0 aliphatic heterocycles. The molecule has 0 radical (unpaired) electrons. The molecule has 2 unspecified atom stereocenters. The summed E-state index contributed by atoms with van der Waals surface area (Å²) in [5, 5.41) is 13.8. The van der Waals surface area contributed by atoms with Crippen molar-refractivity contribution >= 4 is 0 Å². The van der Waals surface area contributed by atoms with E-state index in [-0.39, 0.29) is 23.5 Å². The van der Waals surface area contributed by atoms with E-state index in [4.69, 9.17) is 9.47 Å². The van der Waals surface area contributed by atoms with Crippen LogP contribution in [-0.2, 0) is 0 Å². The summed E-state index contributed by atoms with van der Waals surface area (Å²) in [6, 6.07) is 6.10. The molecule has 1 aromatic carbocycles. The Balaban J connectivity index is 2.75. The molecule has 0 fully saturated rings. The van der Waals surface area contributed by atoms with E-state index in [2.05, 4.69) is 26.1 Å². The number of hydrogen-bond acceptors (Lipinski definition) is 4. The van der Waals surface area contributed by atoms with Gasteiger partial charge >= 0.3 is 0 Å². The van der Waals surface area contributed by atoms with Crippen LogP contribution in [0.1, 0.15) is 46.2 Å². The van der Waals surface area contributed by atoms with Crippen molar-refractivity contribution in [3.8, 4) is 11.5 Å². The predicted octanol–water partition coefficient (Wildman–Crippen LogP) is 3.40. The van der Waals surface area contributed by atoms with Gasteiger partial charge in [0.15, 0.2) is 11.5 Å². The van der Waals surface area contributed by atoms with Crippen LogP contribution in [0.25, 0.3) is 0 Å². The molecular weight excluding hydrogens is 278 g/mol. The van der Waals surface area contributed by atoms with Gasteiger partial charge in [0.1, 0.15) is 0 Å². The Hall–Kier alpha value is -1.26. The van der Waals surface area contributed by atoms with Gasteiger partial charge in [-0.1, -0.05) is 33.8 Å². The second-order valence-corrected chi connectivity index (χ2v) is 6.89. The van der Waals surface area contributed by atoms with Crippen LogP contribution in [-0.4, -0.2) is 32.0 Å². The molecule has 4 nitrogen and oxygen atoms in total. The highest BCUT2D eigenvalue weighted by Gasteiger charge is 2.30. The SMILES string of the molecule is COc1ccc(C(C)NCC(C)(C)C(O)C(C)C)cc1OC. The standard InChI is InChI=1S/C18H31NO3/c1-12(2)17(20)18(4,5)11-19-13(3)14-8-9-15(21-6)16(10-14)22-7/h8-10,12-13,17,19-20H,11H2,1-7H3. The van der Waals surface area contributed by atoms with Crippen molar-refractivity contribution in [2.75, 3.05) is 20.8 Å². The van der Waals surface area contributed by atoms with Gasteiger partial charge in [0, 0.05) is 18.0 Å². The fourth-order valence-electron chi connectivity index (χ4n) is 2.66. The maximum absolute atomic E-state index is 10.3. The number of rotatable bonds is 8. The monoisotopic (exact) mass is 309 g/mol. The molecule has 0 saturated carbocycles. The van der Waals surface area contributed by atoms with Gasteiger partial charge in [-0.3, -0.25) is 0 Å². The highest BCUT2D eigenvalue weighted by molar-refractivity contribution is 5.43. The topological polar surface area (TPSA) is 50.7 Å². The minimum atomic E-state index is -0.336. The third-order valence-corrected chi connectivity index (χ3v) is 4.20. The predicted molar refractivity (Wildman–Crippen MR) is 90.6 cm³/mol. The minimum Gasteiger partial charge on any atom is -0.493 e. The maximum atomic E-state index is 10.3. The van der Waals surface area contributed by atoms with Crippen LogP contribution in [0.4, 0.5) is 0 Å². The number of hydrogen-bond donors (Lipinski definition) is 2. The lowest BCUT2D eigenvalue weighted by Crippen LogP contribution is -2.42. The molecule has 0 aliphatic rings. The summed E-state index contributed by atoms with van der Waals surface area (Å²) in [4.78, 5) is 0. The average Bonchev–Trinajstić information content (AvgIpc) is 2.50. The van der Waals surface area contributed by atoms with Gasteiger partial charge < -0.3 is 19.9 Å². The summed E-state index contributed by atoms with van der Waals surface area (Å²) in [5.41, 5.74) is 0.950. The number of aliphatic hydroxyl groups excluding tert-OH is 1. The van der Waals surface area contributed by atoms with Crippen molar-refractivity contribution in [1.82, 2.24) is 5.32 Å². The first-order valence-electron chi connectivity index (χ1n) is 7.86. The number of aliphatic hydroxyl groups is 1. The Morgan fingerprint density at radius 3 is 2.18 bits per heavy atom. The molecule has 0 spiro atoms. The summed E-state index contributed by atoms with van der Waals surface area (Å²) in [6.07, 6.45) is -0.336. The van der Waals surface area contributed by atoms with Gasteiger partial charge in [-0.25, -0.2) is 0 Å². The molecule has 0 saturated heterocycles. The van der Waals surface area contributed by atoms with Crippen molar-refractivity contribution in [3.05, 3.63) is 23.8 Å². The molecule has 0 aliphatic carbocycles. The second kappa shape index (κ2) is 7.84. The number of benzene rings is 1. The Bertz CT molecular complexity index is 471. The van der Waals surface area contributed by atoms with Crippen molar-refractivity contribution in [3.63, 3.8) is 0 Å². The van der Waals surface area contributed by atoms with Gasteiger partial charge in [-0.2, -0.15) is 0 Å². The zero-order valence-corrected chi connectivity index (χ0v) is 14.9. The molecule has 4 heteroatoms. The van der Waals surface area contributed by atoms with Crippen molar-refractivity contribution in [2.45, 2.75) is 46.8 Å². The van der Waals surface area contributed by atoms with Crippen molar-refractivity contribution in [2.24, 2.45) is 11.3 Å². The Morgan fingerprint density at radius 1 is 1.09 bits per heavy atom. The van der Waals surface area contributed by atoms with Crippen LogP contribution in [0.2, 0.25) is 0 Å². The van der Waals surface area contributed by atoms with Gasteiger partial charge in [0.05, 0.1) is 20.3 Å². The Labute approximate surface area is 134 Å². The van der Waals surface area contributed by atoms with E-state index >= 15 is 0 Å². The largest absolute Gasteiger partial charge is 0.493 e. The van der Waals surface area contributed by atoms with E-state index in [1.54, 1.807) is 14.2 Å². The van der Waals surface area contributed by atoms with E-state index in [1.807, 2.05) is 32.0 Å². The fraction of sp³-hybridized carbons (Fsp3) is 0.667. The van der Waals surface area contributed by atoms with Gasteiger partial charge in [-0.15, -0.1) is 0 Å². The number of ether oxygens (including phenoxy) is 2. The van der Waals surface area contributed by atoms with E-state index in [0.29, 0.717) is 0 Å². The first-order valence-corrected chi connectivity index (χ1v) is 7.86. The van der Waals surface area contributed by atoms with Crippen molar-refractivity contribution < 1.29 is 14.6 Å². The number of methoxy groups -OCH3 is 2. The first kappa shape index (κ1) is 18.8. The van der Waals surface area contributed by atoms with Crippen LogP contribution in [0, 0.1) is 11.3 Å². The molecule has 2 N–H and O–H groups in total. The quantitative estimate of drug-likeness (QED) is 0.773. The summed E-state index contributed by atoms with van der Waals surface area (Å²) in [5.74, 6) is 1.71. The lowest BCUT2D eigenvalue weighted by Gasteiger charge is -2.34. The third-order valence-electron chi connectivity index (χ3n) is 4.20. The van der Waals surface area contributed by atoms with E-state index < -0.39 is 0 Å². The minimum absolute atomic E-state index is 0.165. The summed E-state index contributed by atoms with van der Waals surface area (Å²) < 4.78 is 10.6. The molecule has 0 amide bonds. The Morgan fingerprint density at radius 2 is 1.68 bits per heavy atom. The second-order valence-electron chi connectivity index (χ2n) is 6.89. The average molecular weight is 309 g/mol. The fourth-order valence-corrected chi connectivity index (χ4v) is 2.66. The highest BCUT2D eigenvalue weighted by Crippen LogP contribution is 2.31. The molecule has 0 aromatic heterocycles. The van der Waals surface area contributed by atoms with Crippen LogP contribution in [0.15, 0.2) is 18.2 Å². The van der Waals surface area contributed by atoms with Gasteiger partial charge in [0.25, 0.3) is 0 Å². The third kappa shape index (κ3) is 4.62. The number of nitrogens with one attached hydrogen (secondary N) is 1. The highest BCUT2D eigenvalue weighted by atomic mass is 16.5. The zero-order chi connectivity index (χ0) is 16.9. The first-order chi connectivity index (χ1) is 10.2. The zero-order valence-electron chi connectivity index (χ0n) is 14.9. The maximum Gasteiger partial charge on any atom is 0.161 e. The summed E-state index contributed by atoms with van der Waals surface area (Å²) in [6.45, 7) is 11.1. The molecule has 1 aromatic rings. The van der Waals surface area contributed by atoms with Gasteiger partial charge in [0.2, 0.25) is 0 Å². The molecule has 0 bridgehead atoms. The van der Waals surface area contributed by atoms with Crippen LogP contribution < -0.4 is 14.8 Å². The van der Waals surface area contributed by atoms with Crippen LogP contribution in [0.3, 0.4) is 0 Å². The summed E-state index contributed by atoms with van der Waals surface area (Å²) in [7, 11) is 3.27. The molecule has 2 atom stereocenters. The van der Waals surface area contributed by atoms with Crippen LogP contribution >= 0.6 is 0 Å². The van der Waals surface area contributed by atoms with Gasteiger partial charge in [-0.05, 0) is 30.5 Å². The normalized spacial score (nSPS) is 14.8. The molecular formula is C18H31NO3. The lowest BCUT2D eigenvalue weighted by atomic mass is 9.80. The lowest BCUT2D eigenvalue weighted by molar-refractivity contribution is 0.0123. The summed E-state index contributed by atoms with van der Waals surface area (Å²) >= 11 is 0. The van der Waals surface area contributed by atoms with Crippen LogP contribution in [0.5, 0.6) is 11.5 Å².